The molecule has 1 aliphatic rings. The summed E-state index contributed by atoms with van der Waals surface area (Å²) < 4.78 is 10.7. The normalized spacial score (nSPS) is 19.1. The molecule has 17 heavy (non-hydrogen) atoms. The van der Waals surface area contributed by atoms with Crippen LogP contribution in [0, 0.1) is 5.41 Å². The first-order valence-corrected chi connectivity index (χ1v) is 6.23. The lowest BCUT2D eigenvalue weighted by molar-refractivity contribution is -0.157. The first-order valence-electron chi connectivity index (χ1n) is 6.23. The third kappa shape index (κ3) is 4.28. The van der Waals surface area contributed by atoms with E-state index >= 15 is 0 Å². The van der Waals surface area contributed by atoms with Gasteiger partial charge >= 0.3 is 5.97 Å². The van der Waals surface area contributed by atoms with E-state index in [-0.39, 0.29) is 11.5 Å². The molecule has 0 saturated carbocycles. The van der Waals surface area contributed by atoms with Crippen LogP contribution in [0.1, 0.15) is 34.6 Å². The van der Waals surface area contributed by atoms with Crippen LogP contribution >= 0.6 is 0 Å². The maximum absolute atomic E-state index is 11.7. The molecule has 1 aliphatic heterocycles. The second-order valence-corrected chi connectivity index (χ2v) is 6.24. The van der Waals surface area contributed by atoms with E-state index in [1.807, 2.05) is 20.8 Å². The minimum Gasteiger partial charge on any atom is -0.463 e. The number of rotatable bonds is 3. The number of hydrogen-bond acceptors (Lipinski definition) is 4. The van der Waals surface area contributed by atoms with Crippen LogP contribution in [0.3, 0.4) is 0 Å². The van der Waals surface area contributed by atoms with E-state index in [0.717, 1.165) is 26.3 Å². The summed E-state index contributed by atoms with van der Waals surface area (Å²) >= 11 is 0. The molecule has 0 unspecified atom stereocenters. The van der Waals surface area contributed by atoms with E-state index in [2.05, 4.69) is 18.7 Å². The molecular weight excluding hydrogens is 218 g/mol. The summed E-state index contributed by atoms with van der Waals surface area (Å²) in [5.74, 6) is -0.140. The molecule has 0 aromatic rings. The van der Waals surface area contributed by atoms with Gasteiger partial charge in [0.25, 0.3) is 0 Å². The van der Waals surface area contributed by atoms with E-state index in [4.69, 9.17) is 9.47 Å². The van der Waals surface area contributed by atoms with Crippen molar-refractivity contribution in [3.63, 3.8) is 0 Å². The first-order chi connectivity index (χ1) is 7.73. The van der Waals surface area contributed by atoms with Gasteiger partial charge in [-0.15, -0.1) is 0 Å². The van der Waals surface area contributed by atoms with Gasteiger partial charge < -0.3 is 9.47 Å². The number of carbonyl (C=O) groups excluding carboxylic acids is 1. The maximum Gasteiger partial charge on any atom is 0.311 e. The predicted octanol–water partition coefficient (Wildman–Crippen LogP) is 1.69. The Kier molecular flexibility index (Phi) is 4.55. The van der Waals surface area contributed by atoms with Gasteiger partial charge in [0.05, 0.1) is 18.6 Å². The fourth-order valence-corrected chi connectivity index (χ4v) is 1.72. The van der Waals surface area contributed by atoms with Crippen LogP contribution < -0.4 is 0 Å². The summed E-state index contributed by atoms with van der Waals surface area (Å²) in [7, 11) is 0. The number of morpholine rings is 1. The van der Waals surface area contributed by atoms with Crippen molar-refractivity contribution in [2.45, 2.75) is 40.2 Å². The monoisotopic (exact) mass is 243 g/mol. The van der Waals surface area contributed by atoms with Crippen LogP contribution in [-0.2, 0) is 14.3 Å². The van der Waals surface area contributed by atoms with Gasteiger partial charge in [0.15, 0.2) is 0 Å². The van der Waals surface area contributed by atoms with Crippen LogP contribution in [0.15, 0.2) is 0 Å². The zero-order chi connectivity index (χ0) is 13.1. The van der Waals surface area contributed by atoms with Gasteiger partial charge in [-0.25, -0.2) is 0 Å². The molecule has 1 heterocycles. The fourth-order valence-electron chi connectivity index (χ4n) is 1.72. The van der Waals surface area contributed by atoms with Gasteiger partial charge in [0.1, 0.15) is 6.61 Å². The van der Waals surface area contributed by atoms with Crippen molar-refractivity contribution in [2.75, 3.05) is 32.9 Å². The minimum atomic E-state index is -0.429. The van der Waals surface area contributed by atoms with E-state index in [1.54, 1.807) is 0 Å². The Morgan fingerprint density at radius 1 is 1.18 bits per heavy atom. The van der Waals surface area contributed by atoms with Crippen LogP contribution in [0.5, 0.6) is 0 Å². The van der Waals surface area contributed by atoms with E-state index in [0.29, 0.717) is 6.61 Å². The van der Waals surface area contributed by atoms with Crippen molar-refractivity contribution in [1.29, 1.82) is 0 Å². The Morgan fingerprint density at radius 3 is 2.18 bits per heavy atom. The minimum absolute atomic E-state index is 0.120. The SMILES string of the molecule is CC(C)(C)C(=O)OCC(C)(C)N1CCOCC1. The summed E-state index contributed by atoms with van der Waals surface area (Å²) in [6.45, 7) is 13.6. The van der Waals surface area contributed by atoms with Crippen LogP contribution in [-0.4, -0.2) is 49.3 Å². The van der Waals surface area contributed by atoms with Gasteiger partial charge in [-0.05, 0) is 34.6 Å². The van der Waals surface area contributed by atoms with Gasteiger partial charge in [-0.2, -0.15) is 0 Å². The molecule has 4 nitrogen and oxygen atoms in total. The number of ether oxygens (including phenoxy) is 2. The van der Waals surface area contributed by atoms with Gasteiger partial charge in [-0.1, -0.05) is 0 Å². The number of nitrogens with zero attached hydrogens (tertiary/aromatic N) is 1. The molecular formula is C13H25NO3. The predicted molar refractivity (Wildman–Crippen MR) is 66.9 cm³/mol. The molecule has 100 valence electrons. The molecule has 4 heteroatoms. The molecule has 0 aliphatic carbocycles. The molecule has 1 rings (SSSR count). The van der Waals surface area contributed by atoms with Gasteiger partial charge in [-0.3, -0.25) is 9.69 Å². The number of hydrogen-bond donors (Lipinski definition) is 0. The van der Waals surface area contributed by atoms with Crippen molar-refractivity contribution >= 4 is 5.97 Å². The number of carbonyl (C=O) groups is 1. The summed E-state index contributed by atoms with van der Waals surface area (Å²) in [6.07, 6.45) is 0. The molecule has 0 bridgehead atoms. The molecule has 1 saturated heterocycles. The lowest BCUT2D eigenvalue weighted by Crippen LogP contribution is -2.53. The number of esters is 1. The van der Waals surface area contributed by atoms with Crippen molar-refractivity contribution in [3.05, 3.63) is 0 Å². The largest absolute Gasteiger partial charge is 0.463 e. The highest BCUT2D eigenvalue weighted by molar-refractivity contribution is 5.75. The Bertz CT molecular complexity index is 262. The first kappa shape index (κ1) is 14.5. The highest BCUT2D eigenvalue weighted by Crippen LogP contribution is 2.20. The summed E-state index contributed by atoms with van der Waals surface area (Å²) in [6, 6.07) is 0. The van der Waals surface area contributed by atoms with Crippen molar-refractivity contribution in [3.8, 4) is 0 Å². The Hall–Kier alpha value is -0.610. The lowest BCUT2D eigenvalue weighted by Gasteiger charge is -2.40. The molecule has 0 amide bonds. The van der Waals surface area contributed by atoms with E-state index in [1.165, 1.54) is 0 Å². The van der Waals surface area contributed by atoms with E-state index < -0.39 is 5.41 Å². The molecule has 1 fully saturated rings. The Labute approximate surface area is 104 Å². The quantitative estimate of drug-likeness (QED) is 0.707. The zero-order valence-corrected chi connectivity index (χ0v) is 11.7. The lowest BCUT2D eigenvalue weighted by atomic mass is 9.97. The Morgan fingerprint density at radius 2 is 1.71 bits per heavy atom. The highest BCUT2D eigenvalue weighted by atomic mass is 16.5. The molecule has 0 spiro atoms. The summed E-state index contributed by atoms with van der Waals surface area (Å²) in [5, 5.41) is 0. The molecule has 0 aromatic carbocycles. The third-order valence-electron chi connectivity index (χ3n) is 3.04. The van der Waals surface area contributed by atoms with Crippen LogP contribution in [0.25, 0.3) is 0 Å². The fraction of sp³-hybridized carbons (Fsp3) is 0.923. The second-order valence-electron chi connectivity index (χ2n) is 6.24. The molecule has 0 N–H and O–H groups in total. The summed E-state index contributed by atoms with van der Waals surface area (Å²) in [5.41, 5.74) is -0.550. The van der Waals surface area contributed by atoms with Crippen LogP contribution in [0.2, 0.25) is 0 Å². The standard InChI is InChI=1S/C13H25NO3/c1-12(2,3)11(15)17-10-13(4,5)14-6-8-16-9-7-14/h6-10H2,1-5H3. The van der Waals surface area contributed by atoms with Gasteiger partial charge in [0, 0.05) is 18.6 Å². The average molecular weight is 243 g/mol. The summed E-state index contributed by atoms with van der Waals surface area (Å²) in [4.78, 5) is 14.0. The second kappa shape index (κ2) is 5.36. The van der Waals surface area contributed by atoms with Crippen molar-refractivity contribution in [2.24, 2.45) is 5.41 Å². The van der Waals surface area contributed by atoms with E-state index in [9.17, 15) is 4.79 Å². The van der Waals surface area contributed by atoms with Gasteiger partial charge in [0.2, 0.25) is 0 Å². The van der Waals surface area contributed by atoms with Crippen molar-refractivity contribution < 1.29 is 14.3 Å². The van der Waals surface area contributed by atoms with Crippen molar-refractivity contribution in [1.82, 2.24) is 4.90 Å². The average Bonchev–Trinajstić information content (AvgIpc) is 2.26. The molecule has 0 radical (unpaired) electrons. The third-order valence-corrected chi connectivity index (χ3v) is 3.04. The topological polar surface area (TPSA) is 38.8 Å². The smallest absolute Gasteiger partial charge is 0.311 e. The molecule has 0 aromatic heterocycles. The highest BCUT2D eigenvalue weighted by Gasteiger charge is 2.31. The molecule has 0 atom stereocenters. The van der Waals surface area contributed by atoms with Crippen LogP contribution in [0.4, 0.5) is 0 Å². The Balaban J connectivity index is 2.46. The zero-order valence-electron chi connectivity index (χ0n) is 11.7. The maximum atomic E-state index is 11.7.